The fraction of sp³-hybridized carbons (Fsp3) is 0.273. The number of fused-ring (bicyclic) bond motifs is 1. The van der Waals surface area contributed by atoms with E-state index in [9.17, 15) is 4.79 Å². The van der Waals surface area contributed by atoms with Crippen LogP contribution in [-0.2, 0) is 17.0 Å². The average Bonchev–Trinajstić information content (AvgIpc) is 3.24. The van der Waals surface area contributed by atoms with Crippen LogP contribution in [0.5, 0.6) is 0 Å². The number of rotatable bonds is 8. The van der Waals surface area contributed by atoms with Crippen LogP contribution >= 0.6 is 11.8 Å². The molecular formula is C22H22N4O3S. The molecule has 0 aliphatic heterocycles. The Balaban J connectivity index is 1.58. The van der Waals surface area contributed by atoms with Gasteiger partial charge in [-0.05, 0) is 25.5 Å². The van der Waals surface area contributed by atoms with Crippen LogP contribution in [-0.4, -0.2) is 33.4 Å². The van der Waals surface area contributed by atoms with E-state index in [0.717, 1.165) is 12.0 Å². The molecule has 0 aliphatic rings. The number of methoxy groups -OCH3 is 1. The van der Waals surface area contributed by atoms with E-state index in [-0.39, 0.29) is 5.56 Å². The number of aromatic nitrogens is 4. The van der Waals surface area contributed by atoms with Gasteiger partial charge < -0.3 is 9.26 Å². The quantitative estimate of drug-likeness (QED) is 0.240. The highest BCUT2D eigenvalue weighted by atomic mass is 32.2. The van der Waals surface area contributed by atoms with Crippen LogP contribution in [0.15, 0.2) is 63.0 Å². The monoisotopic (exact) mass is 422 g/mol. The van der Waals surface area contributed by atoms with Gasteiger partial charge in [-0.15, -0.1) is 0 Å². The fourth-order valence-corrected chi connectivity index (χ4v) is 3.94. The number of thioether (sulfide) groups is 1. The molecule has 0 amide bonds. The van der Waals surface area contributed by atoms with Gasteiger partial charge in [0.05, 0.1) is 16.7 Å². The Bertz CT molecular complexity index is 1200. The number of benzene rings is 2. The van der Waals surface area contributed by atoms with Crippen molar-refractivity contribution in [1.29, 1.82) is 0 Å². The molecule has 0 bridgehead atoms. The maximum Gasteiger partial charge on any atom is 0.262 e. The predicted molar refractivity (Wildman–Crippen MR) is 117 cm³/mol. The third-order valence-corrected chi connectivity index (χ3v) is 5.62. The zero-order valence-electron chi connectivity index (χ0n) is 16.9. The van der Waals surface area contributed by atoms with Crippen molar-refractivity contribution in [3.8, 4) is 11.4 Å². The van der Waals surface area contributed by atoms with Gasteiger partial charge in [-0.2, -0.15) is 4.98 Å². The second-order valence-electron chi connectivity index (χ2n) is 6.88. The molecule has 0 saturated carbocycles. The first-order valence-corrected chi connectivity index (χ1v) is 10.6. The Morgan fingerprint density at radius 3 is 2.70 bits per heavy atom. The Hall–Kier alpha value is -2.97. The van der Waals surface area contributed by atoms with E-state index in [1.165, 1.54) is 17.3 Å². The molecule has 0 unspecified atom stereocenters. The van der Waals surface area contributed by atoms with Gasteiger partial charge in [0.2, 0.25) is 11.7 Å². The van der Waals surface area contributed by atoms with Crippen molar-refractivity contribution in [2.75, 3.05) is 13.7 Å². The molecule has 4 aromatic rings. The van der Waals surface area contributed by atoms with Crippen LogP contribution in [0, 0.1) is 6.92 Å². The molecule has 0 spiro atoms. The maximum atomic E-state index is 13.0. The van der Waals surface area contributed by atoms with Gasteiger partial charge in [0.25, 0.3) is 5.56 Å². The van der Waals surface area contributed by atoms with Crippen LogP contribution in [0.4, 0.5) is 0 Å². The first-order valence-electron chi connectivity index (χ1n) is 9.66. The van der Waals surface area contributed by atoms with E-state index in [1.807, 2.05) is 49.4 Å². The third kappa shape index (κ3) is 4.44. The molecule has 0 N–H and O–H groups in total. The molecule has 0 aliphatic carbocycles. The zero-order chi connectivity index (χ0) is 20.9. The Labute approximate surface area is 178 Å². The summed E-state index contributed by atoms with van der Waals surface area (Å²) in [6, 6.07) is 15.3. The molecule has 0 saturated heterocycles. The predicted octanol–water partition coefficient (Wildman–Crippen LogP) is 4.08. The number of para-hydroxylation sites is 1. The van der Waals surface area contributed by atoms with Gasteiger partial charge in [0, 0.05) is 25.8 Å². The number of hydrogen-bond donors (Lipinski definition) is 0. The summed E-state index contributed by atoms with van der Waals surface area (Å²) >= 11 is 1.41. The van der Waals surface area contributed by atoms with Gasteiger partial charge in [-0.1, -0.05) is 58.9 Å². The Morgan fingerprint density at radius 2 is 1.90 bits per heavy atom. The standard InChI is InChI=1S/C22H22N4O3S/c1-15-8-10-16(11-9-15)20-24-19(29-25-20)14-30-22-23-18-7-4-3-6-17(18)21(27)26(22)12-5-13-28-2/h3-4,6-11H,5,12-14H2,1-2H3. The summed E-state index contributed by atoms with van der Waals surface area (Å²) < 4.78 is 12.2. The van der Waals surface area contributed by atoms with Crippen molar-refractivity contribution in [1.82, 2.24) is 19.7 Å². The number of ether oxygens (including phenoxy) is 1. The molecule has 0 radical (unpaired) electrons. The summed E-state index contributed by atoms with van der Waals surface area (Å²) in [5.74, 6) is 1.46. The van der Waals surface area contributed by atoms with Crippen molar-refractivity contribution in [3.63, 3.8) is 0 Å². The molecule has 2 heterocycles. The highest BCUT2D eigenvalue weighted by Gasteiger charge is 2.14. The molecule has 30 heavy (non-hydrogen) atoms. The molecule has 154 valence electrons. The van der Waals surface area contributed by atoms with E-state index in [1.54, 1.807) is 17.7 Å². The lowest BCUT2D eigenvalue weighted by Gasteiger charge is -2.12. The largest absolute Gasteiger partial charge is 0.385 e. The van der Waals surface area contributed by atoms with Crippen LogP contribution in [0.1, 0.15) is 17.9 Å². The topological polar surface area (TPSA) is 83.0 Å². The molecule has 0 atom stereocenters. The summed E-state index contributed by atoms with van der Waals surface area (Å²) in [7, 11) is 1.65. The number of nitrogens with zero attached hydrogens (tertiary/aromatic N) is 4. The molecule has 2 aromatic carbocycles. The molecular weight excluding hydrogens is 400 g/mol. The van der Waals surface area contributed by atoms with Crippen molar-refractivity contribution in [2.45, 2.75) is 30.8 Å². The molecule has 8 heteroatoms. The minimum absolute atomic E-state index is 0.0509. The first kappa shape index (κ1) is 20.3. The van der Waals surface area contributed by atoms with E-state index in [2.05, 4.69) is 10.1 Å². The van der Waals surface area contributed by atoms with Gasteiger partial charge in [-0.25, -0.2) is 4.98 Å². The highest BCUT2D eigenvalue weighted by molar-refractivity contribution is 7.98. The summed E-state index contributed by atoms with van der Waals surface area (Å²) in [5.41, 5.74) is 2.71. The maximum absolute atomic E-state index is 13.0. The lowest BCUT2D eigenvalue weighted by Crippen LogP contribution is -2.24. The summed E-state index contributed by atoms with van der Waals surface area (Å²) in [5, 5.41) is 5.31. The fourth-order valence-electron chi connectivity index (χ4n) is 3.08. The van der Waals surface area contributed by atoms with Crippen LogP contribution < -0.4 is 5.56 Å². The highest BCUT2D eigenvalue weighted by Crippen LogP contribution is 2.23. The summed E-state index contributed by atoms with van der Waals surface area (Å²) in [6.07, 6.45) is 0.724. The van der Waals surface area contributed by atoms with E-state index >= 15 is 0 Å². The normalized spacial score (nSPS) is 11.3. The molecule has 4 rings (SSSR count). The van der Waals surface area contributed by atoms with E-state index in [0.29, 0.717) is 46.7 Å². The smallest absolute Gasteiger partial charge is 0.262 e. The van der Waals surface area contributed by atoms with Gasteiger partial charge in [0.15, 0.2) is 5.16 Å². The van der Waals surface area contributed by atoms with Crippen molar-refractivity contribution < 1.29 is 9.26 Å². The number of hydrogen-bond acceptors (Lipinski definition) is 7. The lowest BCUT2D eigenvalue weighted by molar-refractivity contribution is 0.189. The van der Waals surface area contributed by atoms with Crippen molar-refractivity contribution >= 4 is 22.7 Å². The summed E-state index contributed by atoms with van der Waals surface area (Å²) in [4.78, 5) is 22.2. The van der Waals surface area contributed by atoms with Crippen LogP contribution in [0.25, 0.3) is 22.3 Å². The van der Waals surface area contributed by atoms with Gasteiger partial charge in [0.1, 0.15) is 0 Å². The Kier molecular flexibility index (Phi) is 6.25. The van der Waals surface area contributed by atoms with Crippen molar-refractivity contribution in [3.05, 3.63) is 70.3 Å². The SMILES string of the molecule is COCCCn1c(SCc2nc(-c3ccc(C)cc3)no2)nc2ccccc2c1=O. The zero-order valence-corrected chi connectivity index (χ0v) is 17.7. The third-order valence-electron chi connectivity index (χ3n) is 4.66. The second kappa shape index (κ2) is 9.23. The average molecular weight is 423 g/mol. The van der Waals surface area contributed by atoms with Crippen LogP contribution in [0.2, 0.25) is 0 Å². The van der Waals surface area contributed by atoms with Crippen LogP contribution in [0.3, 0.4) is 0 Å². The second-order valence-corrected chi connectivity index (χ2v) is 7.82. The minimum Gasteiger partial charge on any atom is -0.385 e. The van der Waals surface area contributed by atoms with Gasteiger partial charge in [-0.3, -0.25) is 9.36 Å². The van der Waals surface area contributed by atoms with Gasteiger partial charge >= 0.3 is 0 Å². The first-order chi connectivity index (χ1) is 14.7. The number of aryl methyl sites for hydroxylation is 1. The lowest BCUT2D eigenvalue weighted by atomic mass is 10.1. The Morgan fingerprint density at radius 1 is 1.10 bits per heavy atom. The van der Waals surface area contributed by atoms with E-state index in [4.69, 9.17) is 14.2 Å². The van der Waals surface area contributed by atoms with Crippen molar-refractivity contribution in [2.24, 2.45) is 0 Å². The molecule has 2 aromatic heterocycles. The molecule has 0 fully saturated rings. The summed E-state index contributed by atoms with van der Waals surface area (Å²) in [6.45, 7) is 3.14. The molecule has 7 nitrogen and oxygen atoms in total. The minimum atomic E-state index is -0.0509. The van der Waals surface area contributed by atoms with E-state index < -0.39 is 0 Å².